The third kappa shape index (κ3) is 4.79. The second-order valence-corrected chi connectivity index (χ2v) is 6.82. The van der Waals surface area contributed by atoms with Crippen molar-refractivity contribution in [1.29, 1.82) is 0 Å². The Hall–Kier alpha value is -0.570. The zero-order valence-corrected chi connectivity index (χ0v) is 13.2. The van der Waals surface area contributed by atoms with E-state index in [0.717, 1.165) is 24.4 Å². The Bertz CT molecular complexity index is 485. The molecule has 1 rings (SSSR count). The lowest BCUT2D eigenvalue weighted by molar-refractivity contribution is 0.574. The predicted octanol–water partition coefficient (Wildman–Crippen LogP) is 0.859. The fraction of sp³-hybridized carbons (Fsp3) is 0.727. The molecule has 110 valence electrons. The number of sulfonamides is 1. The van der Waals surface area contributed by atoms with E-state index in [0.29, 0.717) is 18.7 Å². The van der Waals surface area contributed by atoms with Gasteiger partial charge in [0.25, 0.3) is 10.0 Å². The molecule has 0 atom stereocenters. The molecule has 0 bridgehead atoms. The van der Waals surface area contributed by atoms with Gasteiger partial charge in [-0.3, -0.25) is 5.10 Å². The first kappa shape index (κ1) is 16.5. The molecule has 0 saturated carbocycles. The third-order valence-electron chi connectivity index (χ3n) is 2.66. The van der Waals surface area contributed by atoms with Gasteiger partial charge in [-0.25, -0.2) is 13.1 Å². The highest BCUT2D eigenvalue weighted by atomic mass is 32.2. The van der Waals surface area contributed by atoms with Gasteiger partial charge in [0, 0.05) is 24.3 Å². The van der Waals surface area contributed by atoms with Crippen LogP contribution < -0.4 is 10.0 Å². The summed E-state index contributed by atoms with van der Waals surface area (Å²) in [6.45, 7) is 5.53. The highest BCUT2D eigenvalue weighted by Crippen LogP contribution is 2.15. The smallest absolute Gasteiger partial charge is 0.260 e. The third-order valence-corrected chi connectivity index (χ3v) is 4.79. The first-order valence-electron chi connectivity index (χ1n) is 6.26. The van der Waals surface area contributed by atoms with Crippen LogP contribution in [0.25, 0.3) is 0 Å². The van der Waals surface area contributed by atoms with E-state index in [-0.39, 0.29) is 5.03 Å². The fourth-order valence-corrected chi connectivity index (χ4v) is 3.30. The Labute approximate surface area is 119 Å². The molecule has 0 radical (unpaired) electrons. The molecule has 0 fully saturated rings. The summed E-state index contributed by atoms with van der Waals surface area (Å²) in [5.74, 6) is 0.937. The van der Waals surface area contributed by atoms with E-state index in [2.05, 4.69) is 20.2 Å². The lowest BCUT2D eigenvalue weighted by Gasteiger charge is -2.07. The lowest BCUT2D eigenvalue weighted by atomic mass is 10.2. The maximum absolute atomic E-state index is 12.2. The average Bonchev–Trinajstić information content (AvgIpc) is 2.74. The monoisotopic (exact) mass is 306 g/mol. The predicted molar refractivity (Wildman–Crippen MR) is 78.9 cm³/mol. The van der Waals surface area contributed by atoms with Crippen molar-refractivity contribution in [2.24, 2.45) is 0 Å². The van der Waals surface area contributed by atoms with Crippen molar-refractivity contribution >= 4 is 21.8 Å². The number of thioether (sulfide) groups is 1. The van der Waals surface area contributed by atoms with Crippen LogP contribution in [0.2, 0.25) is 0 Å². The van der Waals surface area contributed by atoms with Crippen molar-refractivity contribution in [3.8, 4) is 0 Å². The second kappa shape index (κ2) is 7.88. The van der Waals surface area contributed by atoms with E-state index in [9.17, 15) is 8.42 Å². The zero-order valence-electron chi connectivity index (χ0n) is 11.6. The molecular weight excluding hydrogens is 284 g/mol. The van der Waals surface area contributed by atoms with Gasteiger partial charge in [-0.1, -0.05) is 6.92 Å². The van der Waals surface area contributed by atoms with Gasteiger partial charge in [0.2, 0.25) is 0 Å². The number of rotatable bonds is 9. The maximum atomic E-state index is 12.2. The van der Waals surface area contributed by atoms with Crippen LogP contribution in [0, 0.1) is 6.92 Å². The summed E-state index contributed by atoms with van der Waals surface area (Å²) in [5, 5.41) is 9.89. The van der Waals surface area contributed by atoms with Crippen LogP contribution in [-0.4, -0.2) is 43.7 Å². The summed E-state index contributed by atoms with van der Waals surface area (Å²) in [6, 6.07) is 0. The second-order valence-electron chi connectivity index (χ2n) is 4.16. The Morgan fingerprint density at radius 1 is 1.42 bits per heavy atom. The average molecular weight is 306 g/mol. The van der Waals surface area contributed by atoms with Crippen molar-refractivity contribution in [3.05, 3.63) is 11.3 Å². The number of nitrogens with one attached hydrogen (secondary N) is 3. The number of hydrogen-bond acceptors (Lipinski definition) is 5. The minimum atomic E-state index is -3.52. The molecule has 0 aliphatic carbocycles. The Morgan fingerprint density at radius 2 is 2.16 bits per heavy atom. The topological polar surface area (TPSA) is 86.9 Å². The van der Waals surface area contributed by atoms with Crippen LogP contribution in [0.3, 0.4) is 0 Å². The molecule has 0 saturated heterocycles. The summed E-state index contributed by atoms with van der Waals surface area (Å²) in [4.78, 5) is 0. The quantitative estimate of drug-likeness (QED) is 0.589. The summed E-state index contributed by atoms with van der Waals surface area (Å²) >= 11 is 1.70. The first-order chi connectivity index (χ1) is 9.03. The Balaban J connectivity index is 2.77. The Morgan fingerprint density at radius 3 is 2.79 bits per heavy atom. The first-order valence-corrected chi connectivity index (χ1v) is 9.13. The molecule has 0 aliphatic rings. The normalized spacial score (nSPS) is 11.9. The van der Waals surface area contributed by atoms with Crippen LogP contribution in [0.15, 0.2) is 5.03 Å². The fourth-order valence-electron chi connectivity index (χ4n) is 1.60. The molecule has 19 heavy (non-hydrogen) atoms. The summed E-state index contributed by atoms with van der Waals surface area (Å²) in [5.41, 5.74) is 1.49. The Kier molecular flexibility index (Phi) is 6.84. The van der Waals surface area contributed by atoms with Gasteiger partial charge in [0.15, 0.2) is 5.03 Å². The van der Waals surface area contributed by atoms with E-state index in [1.54, 1.807) is 11.8 Å². The van der Waals surface area contributed by atoms with Crippen LogP contribution in [0.4, 0.5) is 0 Å². The van der Waals surface area contributed by atoms with E-state index in [1.165, 1.54) is 0 Å². The van der Waals surface area contributed by atoms with Crippen molar-refractivity contribution in [2.45, 2.75) is 31.8 Å². The molecule has 0 amide bonds. The number of aromatic amines is 1. The molecule has 3 N–H and O–H groups in total. The zero-order chi connectivity index (χ0) is 14.3. The van der Waals surface area contributed by atoms with Gasteiger partial charge in [-0.2, -0.15) is 16.9 Å². The lowest BCUT2D eigenvalue weighted by Crippen LogP contribution is -2.27. The van der Waals surface area contributed by atoms with Gasteiger partial charge in [-0.05, 0) is 31.9 Å². The van der Waals surface area contributed by atoms with Gasteiger partial charge in [0.05, 0.1) is 0 Å². The van der Waals surface area contributed by atoms with Crippen molar-refractivity contribution in [3.63, 3.8) is 0 Å². The van der Waals surface area contributed by atoms with Gasteiger partial charge >= 0.3 is 0 Å². The van der Waals surface area contributed by atoms with E-state index in [1.807, 2.05) is 20.1 Å². The van der Waals surface area contributed by atoms with Crippen molar-refractivity contribution in [2.75, 3.05) is 25.1 Å². The molecule has 0 spiro atoms. The largest absolute Gasteiger partial charge is 0.313 e. The van der Waals surface area contributed by atoms with E-state index >= 15 is 0 Å². The van der Waals surface area contributed by atoms with Gasteiger partial charge in [0.1, 0.15) is 0 Å². The summed E-state index contributed by atoms with van der Waals surface area (Å²) in [7, 11) is -3.52. The minimum Gasteiger partial charge on any atom is -0.313 e. The molecular formula is C11H22N4O2S2. The molecule has 1 aromatic rings. The summed E-state index contributed by atoms with van der Waals surface area (Å²) < 4.78 is 26.9. The van der Waals surface area contributed by atoms with E-state index < -0.39 is 10.0 Å². The summed E-state index contributed by atoms with van der Waals surface area (Å²) in [6.07, 6.45) is 2.81. The van der Waals surface area contributed by atoms with E-state index in [4.69, 9.17) is 0 Å². The number of hydrogen-bond donors (Lipinski definition) is 3. The van der Waals surface area contributed by atoms with Gasteiger partial charge < -0.3 is 5.32 Å². The maximum Gasteiger partial charge on any atom is 0.260 e. The van der Waals surface area contributed by atoms with Crippen LogP contribution >= 0.6 is 11.8 Å². The minimum absolute atomic E-state index is 0.107. The number of H-pyrrole nitrogens is 1. The SMILES string of the molecule is CCNCc1c(S(=O)(=O)NCCCSC)n[nH]c1C. The standard InChI is InChI=1S/C11H22N4O2S2/c1-4-12-8-10-9(2)14-15-11(10)19(16,17)13-6-5-7-18-3/h12-13H,4-8H2,1-3H3,(H,14,15). The van der Waals surface area contributed by atoms with Crippen molar-refractivity contribution < 1.29 is 8.42 Å². The number of aromatic nitrogens is 2. The number of nitrogens with zero attached hydrogens (tertiary/aromatic N) is 1. The van der Waals surface area contributed by atoms with Crippen LogP contribution in [0.5, 0.6) is 0 Å². The van der Waals surface area contributed by atoms with Crippen LogP contribution in [-0.2, 0) is 16.6 Å². The van der Waals surface area contributed by atoms with Crippen LogP contribution in [0.1, 0.15) is 24.6 Å². The molecule has 8 heteroatoms. The molecule has 0 aromatic carbocycles. The highest BCUT2D eigenvalue weighted by molar-refractivity contribution is 7.98. The van der Waals surface area contributed by atoms with Gasteiger partial charge in [-0.15, -0.1) is 0 Å². The number of aryl methyl sites for hydroxylation is 1. The molecule has 0 aliphatic heterocycles. The molecule has 0 unspecified atom stereocenters. The molecule has 6 nitrogen and oxygen atoms in total. The molecule has 1 heterocycles. The molecule has 1 aromatic heterocycles. The van der Waals surface area contributed by atoms with Crippen molar-refractivity contribution in [1.82, 2.24) is 20.2 Å². The highest BCUT2D eigenvalue weighted by Gasteiger charge is 2.22.